The molecule has 172 valence electrons. The van der Waals surface area contributed by atoms with Crippen LogP contribution in [0.2, 0.25) is 0 Å². The van der Waals surface area contributed by atoms with E-state index in [4.69, 9.17) is 0 Å². The third kappa shape index (κ3) is 9.82. The first-order valence-corrected chi connectivity index (χ1v) is 12.0. The van der Waals surface area contributed by atoms with Crippen molar-refractivity contribution in [1.82, 2.24) is 19.8 Å². The molecule has 1 fully saturated rings. The summed E-state index contributed by atoms with van der Waals surface area (Å²) < 4.78 is 27.3. The number of likely N-dealkylation sites (tertiary alicyclic amines) is 1. The van der Waals surface area contributed by atoms with Crippen LogP contribution in [0, 0.1) is 5.92 Å². The van der Waals surface area contributed by atoms with E-state index in [0.29, 0.717) is 37.9 Å². The molecule has 1 saturated heterocycles. The molecule has 0 aliphatic carbocycles. The highest BCUT2D eigenvalue weighted by atomic mass is 127. The summed E-state index contributed by atoms with van der Waals surface area (Å²) in [4.78, 5) is 20.0. The molecular formula is C19H40IN5O3S. The highest BCUT2D eigenvalue weighted by Gasteiger charge is 2.34. The summed E-state index contributed by atoms with van der Waals surface area (Å²) in [5.41, 5.74) is 0. The first kappa shape index (κ1) is 28.4. The van der Waals surface area contributed by atoms with Gasteiger partial charge in [0.15, 0.2) is 5.96 Å². The number of halogens is 1. The molecule has 0 spiro atoms. The van der Waals surface area contributed by atoms with E-state index in [1.54, 1.807) is 21.0 Å². The summed E-state index contributed by atoms with van der Waals surface area (Å²) in [5, 5.41) is 2.96. The van der Waals surface area contributed by atoms with Gasteiger partial charge in [0.2, 0.25) is 15.9 Å². The number of likely N-dealkylation sites (N-methyl/N-ethyl adjacent to an activating group) is 1. The lowest BCUT2D eigenvalue weighted by molar-refractivity contribution is -0.127. The maximum atomic E-state index is 12.3. The molecule has 0 aromatic rings. The van der Waals surface area contributed by atoms with Gasteiger partial charge in [0.1, 0.15) is 6.54 Å². The SMILES string of the molecule is CCCCC(CC)CNC(=NCC(=O)N(C)C)N1CCC(S(=O)(=O)NCC)C1.I. The van der Waals surface area contributed by atoms with Crippen LogP contribution < -0.4 is 10.0 Å². The zero-order valence-corrected chi connectivity index (χ0v) is 21.8. The molecule has 10 heteroatoms. The number of hydrogen-bond acceptors (Lipinski definition) is 4. The van der Waals surface area contributed by atoms with Gasteiger partial charge in [0, 0.05) is 40.3 Å². The van der Waals surface area contributed by atoms with E-state index in [2.05, 4.69) is 28.9 Å². The second-order valence-electron chi connectivity index (χ2n) is 7.63. The van der Waals surface area contributed by atoms with E-state index in [9.17, 15) is 13.2 Å². The summed E-state index contributed by atoms with van der Waals surface area (Å²) >= 11 is 0. The Balaban J connectivity index is 0.00000784. The number of unbranched alkanes of at least 4 members (excludes halogenated alkanes) is 1. The molecule has 8 nitrogen and oxygen atoms in total. The molecule has 1 aliphatic heterocycles. The van der Waals surface area contributed by atoms with Crippen LogP contribution in [0.15, 0.2) is 4.99 Å². The number of aliphatic imine (C=N–C) groups is 1. The van der Waals surface area contributed by atoms with Crippen molar-refractivity contribution < 1.29 is 13.2 Å². The number of nitrogens with zero attached hydrogens (tertiary/aromatic N) is 3. The van der Waals surface area contributed by atoms with Crippen molar-refractivity contribution in [2.75, 3.05) is 46.8 Å². The number of carbonyl (C=O) groups excluding carboxylic acids is 1. The Hall–Kier alpha value is -0.620. The monoisotopic (exact) mass is 545 g/mol. The standard InChI is InChI=1S/C19H39N5O3S.HI/c1-6-9-10-16(7-2)13-20-19(21-14-18(25)23(4)5)24-12-11-17(15-24)28(26,27)22-8-3;/h16-17,22H,6-15H2,1-5H3,(H,20,21);1H. The fourth-order valence-corrected chi connectivity index (χ4v) is 4.65. The van der Waals surface area contributed by atoms with Crippen molar-refractivity contribution in [3.8, 4) is 0 Å². The Bertz CT molecular complexity index is 613. The normalized spacial score (nSPS) is 18.3. The first-order valence-electron chi connectivity index (χ1n) is 10.5. The van der Waals surface area contributed by atoms with E-state index in [1.807, 2.05) is 4.90 Å². The van der Waals surface area contributed by atoms with E-state index >= 15 is 0 Å². The number of amides is 1. The number of carbonyl (C=O) groups is 1. The van der Waals surface area contributed by atoms with Crippen LogP contribution in [0.5, 0.6) is 0 Å². The fraction of sp³-hybridized carbons (Fsp3) is 0.895. The van der Waals surface area contributed by atoms with E-state index in [1.165, 1.54) is 17.7 Å². The van der Waals surface area contributed by atoms with Crippen LogP contribution in [-0.4, -0.2) is 82.2 Å². The summed E-state index contributed by atoms with van der Waals surface area (Å²) in [6.07, 6.45) is 5.16. The van der Waals surface area contributed by atoms with Gasteiger partial charge in [-0.1, -0.05) is 40.0 Å². The summed E-state index contributed by atoms with van der Waals surface area (Å²) in [5.74, 6) is 1.10. The van der Waals surface area contributed by atoms with Gasteiger partial charge in [-0.2, -0.15) is 0 Å². The van der Waals surface area contributed by atoms with Gasteiger partial charge in [-0.05, 0) is 18.8 Å². The minimum Gasteiger partial charge on any atom is -0.356 e. The predicted molar refractivity (Wildman–Crippen MR) is 130 cm³/mol. The summed E-state index contributed by atoms with van der Waals surface area (Å²) in [7, 11) is 0.0933. The molecule has 0 aromatic carbocycles. The molecule has 1 heterocycles. The Morgan fingerprint density at radius 3 is 2.52 bits per heavy atom. The second kappa shape index (κ2) is 14.4. The Morgan fingerprint density at radius 1 is 1.28 bits per heavy atom. The maximum absolute atomic E-state index is 12.3. The summed E-state index contributed by atoms with van der Waals surface area (Å²) in [6, 6.07) is 0. The molecule has 1 aliphatic rings. The third-order valence-corrected chi connectivity index (χ3v) is 7.14. The minimum atomic E-state index is -3.32. The molecule has 1 amide bonds. The number of nitrogens with one attached hydrogen (secondary N) is 2. The molecular weight excluding hydrogens is 505 g/mol. The number of sulfonamides is 1. The average molecular weight is 546 g/mol. The van der Waals surface area contributed by atoms with Crippen molar-refractivity contribution in [2.24, 2.45) is 10.9 Å². The van der Waals surface area contributed by atoms with Gasteiger partial charge in [-0.3, -0.25) is 4.79 Å². The van der Waals surface area contributed by atoms with Crippen LogP contribution in [0.25, 0.3) is 0 Å². The summed E-state index contributed by atoms with van der Waals surface area (Å²) in [6.45, 7) is 8.40. The molecule has 2 atom stereocenters. The Morgan fingerprint density at radius 2 is 1.97 bits per heavy atom. The van der Waals surface area contributed by atoms with E-state index in [0.717, 1.165) is 19.4 Å². The molecule has 0 radical (unpaired) electrons. The van der Waals surface area contributed by atoms with Gasteiger partial charge in [0.25, 0.3) is 0 Å². The lowest BCUT2D eigenvalue weighted by Gasteiger charge is -2.25. The maximum Gasteiger partial charge on any atom is 0.243 e. The Kier molecular flexibility index (Phi) is 14.1. The molecule has 1 rings (SSSR count). The van der Waals surface area contributed by atoms with Crippen LogP contribution in [0.4, 0.5) is 0 Å². The lowest BCUT2D eigenvalue weighted by Crippen LogP contribution is -2.44. The topological polar surface area (TPSA) is 94.1 Å². The largest absolute Gasteiger partial charge is 0.356 e. The van der Waals surface area contributed by atoms with Crippen LogP contribution in [0.3, 0.4) is 0 Å². The molecule has 0 saturated carbocycles. The first-order chi connectivity index (χ1) is 13.2. The Labute approximate surface area is 194 Å². The van der Waals surface area contributed by atoms with E-state index in [-0.39, 0.29) is 36.4 Å². The number of guanidine groups is 1. The van der Waals surface area contributed by atoms with E-state index < -0.39 is 15.3 Å². The quantitative estimate of drug-likeness (QED) is 0.235. The molecule has 2 N–H and O–H groups in total. The van der Waals surface area contributed by atoms with Crippen LogP contribution in [0.1, 0.15) is 52.9 Å². The lowest BCUT2D eigenvalue weighted by atomic mass is 9.99. The fourth-order valence-electron chi connectivity index (χ4n) is 3.22. The van der Waals surface area contributed by atoms with Gasteiger partial charge in [-0.25, -0.2) is 18.1 Å². The second-order valence-corrected chi connectivity index (χ2v) is 9.67. The van der Waals surface area contributed by atoms with Crippen LogP contribution >= 0.6 is 24.0 Å². The van der Waals surface area contributed by atoms with Crippen molar-refractivity contribution in [2.45, 2.75) is 58.1 Å². The highest BCUT2D eigenvalue weighted by Crippen LogP contribution is 2.17. The number of hydrogen-bond donors (Lipinski definition) is 2. The zero-order chi connectivity index (χ0) is 21.2. The van der Waals surface area contributed by atoms with Gasteiger partial charge < -0.3 is 15.1 Å². The third-order valence-electron chi connectivity index (χ3n) is 5.18. The molecule has 0 aromatic heterocycles. The molecule has 0 bridgehead atoms. The van der Waals surface area contributed by atoms with Crippen molar-refractivity contribution in [1.29, 1.82) is 0 Å². The predicted octanol–water partition coefficient (Wildman–Crippen LogP) is 1.87. The number of rotatable bonds is 11. The highest BCUT2D eigenvalue weighted by molar-refractivity contribution is 14.0. The van der Waals surface area contributed by atoms with Gasteiger partial charge in [0.05, 0.1) is 5.25 Å². The molecule has 2 unspecified atom stereocenters. The van der Waals surface area contributed by atoms with Gasteiger partial charge in [-0.15, -0.1) is 24.0 Å². The average Bonchev–Trinajstić information content (AvgIpc) is 3.14. The zero-order valence-electron chi connectivity index (χ0n) is 18.6. The minimum absolute atomic E-state index is 0. The van der Waals surface area contributed by atoms with Crippen LogP contribution in [-0.2, 0) is 14.8 Å². The smallest absolute Gasteiger partial charge is 0.243 e. The van der Waals surface area contributed by atoms with Crippen molar-refractivity contribution in [3.05, 3.63) is 0 Å². The van der Waals surface area contributed by atoms with Crippen molar-refractivity contribution in [3.63, 3.8) is 0 Å². The van der Waals surface area contributed by atoms with Gasteiger partial charge >= 0.3 is 0 Å². The van der Waals surface area contributed by atoms with Crippen molar-refractivity contribution >= 4 is 45.9 Å². The molecule has 29 heavy (non-hydrogen) atoms.